The van der Waals surface area contributed by atoms with Crippen LogP contribution in [-0.4, -0.2) is 9.13 Å². The number of fused-ring (bicyclic) bond motifs is 11. The summed E-state index contributed by atoms with van der Waals surface area (Å²) in [5.74, 6) is 0. The number of rotatable bonds is 3. The number of hydrogen-bond donors (Lipinski definition) is 0. The Balaban J connectivity index is 1.10. The Labute approximate surface area is 286 Å². The lowest BCUT2D eigenvalue weighted by Crippen LogP contribution is -1.93. The molecule has 8 aromatic carbocycles. The number of benzene rings is 8. The molecule has 0 atom stereocenters. The van der Waals surface area contributed by atoms with Gasteiger partial charge in [0.25, 0.3) is 0 Å². The number of thiophene rings is 1. The van der Waals surface area contributed by atoms with E-state index in [1.54, 1.807) is 0 Å². The SMILES string of the molecule is c1ccc(-n2c3ccccc3c3cc(-c4ccc5c(c4)c4ccccc4n5-c4ccc5sc6c7ccccc7ccc6c5c4)ccc32)cc1. The lowest BCUT2D eigenvalue weighted by Gasteiger charge is -2.10. The van der Waals surface area contributed by atoms with E-state index in [0.717, 1.165) is 0 Å². The fraction of sp³-hybridized carbons (Fsp3) is 0. The molecule has 0 aliphatic carbocycles. The second-order valence-electron chi connectivity index (χ2n) is 13.0. The largest absolute Gasteiger partial charge is 0.309 e. The van der Waals surface area contributed by atoms with E-state index in [9.17, 15) is 0 Å². The molecule has 11 aromatic rings. The molecule has 49 heavy (non-hydrogen) atoms. The first-order valence-electron chi connectivity index (χ1n) is 16.8. The van der Waals surface area contributed by atoms with Crippen LogP contribution < -0.4 is 0 Å². The van der Waals surface area contributed by atoms with Gasteiger partial charge in [-0.05, 0) is 88.6 Å². The van der Waals surface area contributed by atoms with Crippen LogP contribution in [0, 0.1) is 0 Å². The van der Waals surface area contributed by atoms with Crippen LogP contribution in [0.2, 0.25) is 0 Å². The van der Waals surface area contributed by atoms with Crippen molar-refractivity contribution in [1.29, 1.82) is 0 Å². The van der Waals surface area contributed by atoms with E-state index in [2.05, 4.69) is 179 Å². The number of aromatic nitrogens is 2. The fourth-order valence-electron chi connectivity index (χ4n) is 8.07. The smallest absolute Gasteiger partial charge is 0.0541 e. The van der Waals surface area contributed by atoms with Gasteiger partial charge in [0.15, 0.2) is 0 Å². The second-order valence-corrected chi connectivity index (χ2v) is 14.0. The molecule has 11 rings (SSSR count). The average Bonchev–Trinajstić information content (AvgIpc) is 3.82. The Morgan fingerprint density at radius 1 is 0.327 bits per heavy atom. The third kappa shape index (κ3) is 3.88. The van der Waals surface area contributed by atoms with Gasteiger partial charge in [0, 0.05) is 53.1 Å². The van der Waals surface area contributed by atoms with Crippen LogP contribution in [0.5, 0.6) is 0 Å². The third-order valence-corrected chi connectivity index (χ3v) is 11.5. The van der Waals surface area contributed by atoms with Crippen LogP contribution in [0.1, 0.15) is 0 Å². The van der Waals surface area contributed by atoms with Gasteiger partial charge in [-0.25, -0.2) is 0 Å². The van der Waals surface area contributed by atoms with Gasteiger partial charge in [-0.3, -0.25) is 0 Å². The van der Waals surface area contributed by atoms with Crippen molar-refractivity contribution in [3.8, 4) is 22.5 Å². The predicted molar refractivity (Wildman–Crippen MR) is 211 cm³/mol. The zero-order chi connectivity index (χ0) is 32.1. The molecule has 0 fully saturated rings. The van der Waals surface area contributed by atoms with Crippen LogP contribution in [0.4, 0.5) is 0 Å². The first-order valence-corrected chi connectivity index (χ1v) is 17.6. The van der Waals surface area contributed by atoms with E-state index in [-0.39, 0.29) is 0 Å². The van der Waals surface area contributed by atoms with Crippen molar-refractivity contribution in [2.24, 2.45) is 0 Å². The molecule has 0 bridgehead atoms. The summed E-state index contributed by atoms with van der Waals surface area (Å²) in [6.07, 6.45) is 0. The first kappa shape index (κ1) is 26.9. The summed E-state index contributed by atoms with van der Waals surface area (Å²) in [5.41, 5.74) is 9.70. The zero-order valence-corrected chi connectivity index (χ0v) is 27.3. The van der Waals surface area contributed by atoms with E-state index < -0.39 is 0 Å². The monoisotopic (exact) mass is 640 g/mol. The standard InChI is InChI=1S/C46H28N2S/c1-2-11-32(12-3-1)47-41-16-8-6-14-35(41)38-26-30(19-23-43(38)47)31-20-24-44-39(27-31)36-15-7-9-17-42(36)48(44)33-21-25-45-40(28-33)37-22-18-29-10-4-5-13-34(29)46(37)49-45/h1-28H. The molecule has 0 N–H and O–H groups in total. The van der Waals surface area contributed by atoms with E-state index in [1.165, 1.54) is 97.1 Å². The van der Waals surface area contributed by atoms with Crippen molar-refractivity contribution in [3.05, 3.63) is 170 Å². The molecule has 0 aliphatic rings. The number of hydrogen-bond acceptors (Lipinski definition) is 1. The van der Waals surface area contributed by atoms with E-state index >= 15 is 0 Å². The molecule has 3 heterocycles. The molecule has 0 spiro atoms. The van der Waals surface area contributed by atoms with Crippen LogP contribution in [0.15, 0.2) is 170 Å². The minimum Gasteiger partial charge on any atom is -0.309 e. The quantitative estimate of drug-likeness (QED) is 0.182. The van der Waals surface area contributed by atoms with Gasteiger partial charge in [-0.2, -0.15) is 0 Å². The molecule has 228 valence electrons. The average molecular weight is 641 g/mol. The minimum atomic E-state index is 1.18. The molecule has 2 nitrogen and oxygen atoms in total. The molecule has 0 aliphatic heterocycles. The minimum absolute atomic E-state index is 1.18. The van der Waals surface area contributed by atoms with E-state index in [4.69, 9.17) is 0 Å². The summed E-state index contributed by atoms with van der Waals surface area (Å²) in [7, 11) is 0. The maximum absolute atomic E-state index is 2.44. The van der Waals surface area contributed by atoms with Crippen molar-refractivity contribution >= 4 is 85.9 Å². The topological polar surface area (TPSA) is 9.86 Å². The maximum atomic E-state index is 2.44. The van der Waals surface area contributed by atoms with Crippen LogP contribution in [-0.2, 0) is 0 Å². The fourth-order valence-corrected chi connectivity index (χ4v) is 9.29. The third-order valence-electron chi connectivity index (χ3n) is 10.3. The van der Waals surface area contributed by atoms with Gasteiger partial charge in [0.2, 0.25) is 0 Å². The lowest BCUT2D eigenvalue weighted by atomic mass is 10.0. The molecular formula is C46H28N2S. The maximum Gasteiger partial charge on any atom is 0.0541 e. The molecule has 0 amide bonds. The number of para-hydroxylation sites is 3. The summed E-state index contributed by atoms with van der Waals surface area (Å²) in [6.45, 7) is 0. The van der Waals surface area contributed by atoms with Crippen LogP contribution in [0.25, 0.3) is 97.1 Å². The van der Waals surface area contributed by atoms with Crippen molar-refractivity contribution < 1.29 is 0 Å². The summed E-state index contributed by atoms with van der Waals surface area (Å²) in [4.78, 5) is 0. The molecule has 3 heteroatoms. The normalized spacial score (nSPS) is 12.1. The van der Waals surface area contributed by atoms with E-state index in [0.29, 0.717) is 0 Å². The van der Waals surface area contributed by atoms with Gasteiger partial charge < -0.3 is 9.13 Å². The highest BCUT2D eigenvalue weighted by atomic mass is 32.1. The second kappa shape index (κ2) is 10.2. The van der Waals surface area contributed by atoms with Gasteiger partial charge in [-0.15, -0.1) is 11.3 Å². The Hall–Kier alpha value is -6.16. The van der Waals surface area contributed by atoms with Crippen molar-refractivity contribution in [3.63, 3.8) is 0 Å². The summed E-state index contributed by atoms with van der Waals surface area (Å²) in [6, 6.07) is 62.4. The number of nitrogens with zero attached hydrogens (tertiary/aromatic N) is 2. The highest BCUT2D eigenvalue weighted by molar-refractivity contribution is 7.26. The van der Waals surface area contributed by atoms with Crippen LogP contribution >= 0.6 is 11.3 Å². The molecule has 0 saturated heterocycles. The van der Waals surface area contributed by atoms with Crippen molar-refractivity contribution in [2.75, 3.05) is 0 Å². The molecule has 0 unspecified atom stereocenters. The summed E-state index contributed by atoms with van der Waals surface area (Å²) in [5, 5.41) is 10.3. The van der Waals surface area contributed by atoms with Gasteiger partial charge in [0.05, 0.1) is 22.1 Å². The zero-order valence-electron chi connectivity index (χ0n) is 26.5. The Kier molecular flexibility index (Phi) is 5.57. The first-order chi connectivity index (χ1) is 24.3. The predicted octanol–water partition coefficient (Wildman–Crippen LogP) is 13.1. The van der Waals surface area contributed by atoms with Crippen LogP contribution in [0.3, 0.4) is 0 Å². The van der Waals surface area contributed by atoms with Gasteiger partial charge in [0.1, 0.15) is 0 Å². The highest BCUT2D eigenvalue weighted by Crippen LogP contribution is 2.42. The highest BCUT2D eigenvalue weighted by Gasteiger charge is 2.17. The van der Waals surface area contributed by atoms with Crippen molar-refractivity contribution in [1.82, 2.24) is 9.13 Å². The molecule has 0 radical (unpaired) electrons. The Bertz CT molecular complexity index is 3100. The van der Waals surface area contributed by atoms with E-state index in [1.807, 2.05) is 11.3 Å². The Morgan fingerprint density at radius 2 is 0.898 bits per heavy atom. The molecule has 3 aromatic heterocycles. The van der Waals surface area contributed by atoms with Gasteiger partial charge in [-0.1, -0.05) is 103 Å². The van der Waals surface area contributed by atoms with Crippen molar-refractivity contribution in [2.45, 2.75) is 0 Å². The Morgan fingerprint density at radius 3 is 1.59 bits per heavy atom. The summed E-state index contributed by atoms with van der Waals surface area (Å²) < 4.78 is 7.50. The molecular weight excluding hydrogens is 613 g/mol. The molecule has 0 saturated carbocycles. The summed E-state index contributed by atoms with van der Waals surface area (Å²) >= 11 is 1.89. The van der Waals surface area contributed by atoms with Gasteiger partial charge >= 0.3 is 0 Å². The lowest BCUT2D eigenvalue weighted by molar-refractivity contribution is 1.18.